The van der Waals surface area contributed by atoms with Gasteiger partial charge in [0.05, 0.1) is 16.2 Å². The number of pyridine rings is 1. The lowest BCUT2D eigenvalue weighted by Gasteiger charge is -2.19. The number of carbonyl (C=O) groups is 1. The second kappa shape index (κ2) is 7.74. The molecule has 1 aromatic carbocycles. The van der Waals surface area contributed by atoms with Crippen molar-refractivity contribution in [1.29, 1.82) is 0 Å². The normalized spacial score (nSPS) is 16.4. The number of benzene rings is 1. The second-order valence-corrected chi connectivity index (χ2v) is 8.47. The van der Waals surface area contributed by atoms with Gasteiger partial charge in [0.2, 0.25) is 18.0 Å². The number of hydrazone groups is 1. The fourth-order valence-corrected chi connectivity index (χ4v) is 4.83. The molecule has 0 unspecified atom stereocenters. The van der Waals surface area contributed by atoms with Gasteiger partial charge in [0, 0.05) is 32.9 Å². The molecule has 1 amide bonds. The van der Waals surface area contributed by atoms with Crippen molar-refractivity contribution in [1.82, 2.24) is 9.99 Å². The molecule has 1 aliphatic rings. The van der Waals surface area contributed by atoms with Crippen LogP contribution in [0.4, 0.5) is 0 Å². The average molecular weight is 628 g/mol. The number of carbonyl (C=O) groups excluding carboxylic acids is 1. The minimum Gasteiger partial charge on any atom is -0.495 e. The number of amides is 1. The summed E-state index contributed by atoms with van der Waals surface area (Å²) in [5, 5.41) is 5.70. The van der Waals surface area contributed by atoms with Crippen LogP contribution >= 0.6 is 61.1 Å². The summed E-state index contributed by atoms with van der Waals surface area (Å²) < 4.78 is 14.3. The van der Waals surface area contributed by atoms with Crippen molar-refractivity contribution >= 4 is 72.9 Å². The molecule has 1 aliphatic heterocycles. The number of methoxy groups -OCH3 is 1. The van der Waals surface area contributed by atoms with Gasteiger partial charge >= 0.3 is 0 Å². The minimum atomic E-state index is -0.669. The molecule has 0 spiro atoms. The molecule has 0 aliphatic carbocycles. The maximum Gasteiger partial charge on any atom is 0.244 e. The van der Waals surface area contributed by atoms with Gasteiger partial charge in [-0.25, -0.2) is 0 Å². The van der Waals surface area contributed by atoms with E-state index >= 15 is 0 Å². The van der Waals surface area contributed by atoms with Crippen LogP contribution in [0, 0.1) is 7.14 Å². The molecule has 2 heterocycles. The first-order valence-corrected chi connectivity index (χ1v) is 10.0. The van der Waals surface area contributed by atoms with Crippen molar-refractivity contribution in [2.45, 2.75) is 13.2 Å². The molecule has 3 rings (SSSR count). The molecule has 9 heteroatoms. The number of halogens is 3. The van der Waals surface area contributed by atoms with Crippen LogP contribution in [0.2, 0.25) is 0 Å². The molecular formula is C16H12BrI2N3O3. The number of hydrogen-bond acceptors (Lipinski definition) is 5. The van der Waals surface area contributed by atoms with Gasteiger partial charge in [0.1, 0.15) is 5.75 Å². The van der Waals surface area contributed by atoms with Crippen LogP contribution in [0.5, 0.6) is 5.75 Å². The van der Waals surface area contributed by atoms with Gasteiger partial charge in [-0.05, 0) is 79.3 Å². The third-order valence-corrected chi connectivity index (χ3v) is 5.28. The molecule has 2 aromatic rings. The molecular weight excluding hydrogens is 616 g/mol. The predicted molar refractivity (Wildman–Crippen MR) is 113 cm³/mol. The summed E-state index contributed by atoms with van der Waals surface area (Å²) in [6.45, 7) is 1.45. The van der Waals surface area contributed by atoms with Gasteiger partial charge in [0.25, 0.3) is 0 Å². The lowest BCUT2D eigenvalue weighted by molar-refractivity contribution is -0.135. The van der Waals surface area contributed by atoms with E-state index in [1.807, 2.05) is 18.2 Å². The number of aromatic nitrogens is 1. The summed E-state index contributed by atoms with van der Waals surface area (Å²) in [5.41, 5.74) is 1.43. The zero-order chi connectivity index (χ0) is 18.1. The maximum atomic E-state index is 12.1. The lowest BCUT2D eigenvalue weighted by atomic mass is 10.2. The molecule has 25 heavy (non-hydrogen) atoms. The topological polar surface area (TPSA) is 64.0 Å². The molecule has 130 valence electrons. The van der Waals surface area contributed by atoms with Crippen LogP contribution in [-0.4, -0.2) is 28.9 Å². The fraction of sp³-hybridized carbons (Fsp3) is 0.188. The number of rotatable bonds is 3. The summed E-state index contributed by atoms with van der Waals surface area (Å²) in [4.78, 5) is 16.2. The van der Waals surface area contributed by atoms with Crippen molar-refractivity contribution in [3.63, 3.8) is 0 Å². The standard InChI is InChI=1S/C16H12BrI2N3O3/c1-8(23)22-16(9-3-10(17)7-20-6-9)25-15(21-22)12-4-11(18)5-13(19)14(12)24-2/h3-7,16H,1-2H3/t16-/m1/s1. The van der Waals surface area contributed by atoms with Crippen molar-refractivity contribution in [3.8, 4) is 5.75 Å². The van der Waals surface area contributed by atoms with Gasteiger partial charge in [-0.1, -0.05) is 0 Å². The van der Waals surface area contributed by atoms with Crippen molar-refractivity contribution in [2.75, 3.05) is 7.11 Å². The van der Waals surface area contributed by atoms with E-state index in [0.717, 1.165) is 17.2 Å². The minimum absolute atomic E-state index is 0.223. The summed E-state index contributed by atoms with van der Waals surface area (Å²) in [6.07, 6.45) is 2.65. The summed E-state index contributed by atoms with van der Waals surface area (Å²) in [6, 6.07) is 5.76. The van der Waals surface area contributed by atoms with E-state index < -0.39 is 6.23 Å². The number of hydrogen-bond donors (Lipinski definition) is 0. The monoisotopic (exact) mass is 627 g/mol. The fourth-order valence-electron chi connectivity index (χ4n) is 2.38. The Balaban J connectivity index is 2.05. The Kier molecular flexibility index (Phi) is 5.83. The van der Waals surface area contributed by atoms with E-state index in [4.69, 9.17) is 9.47 Å². The highest BCUT2D eigenvalue weighted by molar-refractivity contribution is 14.1. The molecule has 1 aromatic heterocycles. The Morgan fingerprint density at radius 2 is 2.08 bits per heavy atom. The van der Waals surface area contributed by atoms with Gasteiger partial charge in [-0.3, -0.25) is 9.78 Å². The SMILES string of the molecule is COc1c(I)cc(I)cc1C1=NN(C(C)=O)[C@@H](c2cncc(Br)c2)O1. The molecule has 0 fully saturated rings. The molecule has 0 saturated heterocycles. The van der Waals surface area contributed by atoms with Crippen LogP contribution in [0.3, 0.4) is 0 Å². The van der Waals surface area contributed by atoms with Crippen molar-refractivity contribution in [2.24, 2.45) is 5.10 Å². The molecule has 6 nitrogen and oxygen atoms in total. The number of ether oxygens (including phenoxy) is 2. The molecule has 0 saturated carbocycles. The summed E-state index contributed by atoms with van der Waals surface area (Å²) in [7, 11) is 1.60. The van der Waals surface area contributed by atoms with Crippen LogP contribution in [0.1, 0.15) is 24.3 Å². The summed E-state index contributed by atoms with van der Waals surface area (Å²) in [5.74, 6) is 0.781. The predicted octanol–water partition coefficient (Wildman–Crippen LogP) is 4.30. The molecule has 0 bridgehead atoms. The van der Waals surface area contributed by atoms with Crippen molar-refractivity contribution < 1.29 is 14.3 Å². The Hall–Kier alpha value is -0.950. The molecule has 1 atom stereocenters. The highest BCUT2D eigenvalue weighted by Gasteiger charge is 2.35. The molecule has 0 N–H and O–H groups in total. The first kappa shape index (κ1) is 18.8. The van der Waals surface area contributed by atoms with E-state index in [2.05, 4.69) is 71.2 Å². The van der Waals surface area contributed by atoms with Crippen molar-refractivity contribution in [3.05, 3.63) is 53.3 Å². The maximum absolute atomic E-state index is 12.1. The summed E-state index contributed by atoms with van der Waals surface area (Å²) >= 11 is 7.81. The quantitative estimate of drug-likeness (QED) is 0.477. The Bertz CT molecular complexity index is 876. The largest absolute Gasteiger partial charge is 0.495 e. The van der Waals surface area contributed by atoms with E-state index in [-0.39, 0.29) is 5.91 Å². The van der Waals surface area contributed by atoms with Gasteiger partial charge in [-0.2, -0.15) is 5.01 Å². The van der Waals surface area contributed by atoms with Crippen LogP contribution in [0.15, 0.2) is 40.2 Å². The highest BCUT2D eigenvalue weighted by atomic mass is 127. The van der Waals surface area contributed by atoms with Gasteiger partial charge < -0.3 is 9.47 Å². The zero-order valence-corrected chi connectivity index (χ0v) is 19.1. The van der Waals surface area contributed by atoms with E-state index in [0.29, 0.717) is 17.2 Å². The van der Waals surface area contributed by atoms with Crippen LogP contribution in [-0.2, 0) is 9.53 Å². The number of nitrogens with zero attached hydrogens (tertiary/aromatic N) is 3. The first-order valence-electron chi connectivity index (χ1n) is 7.09. The third-order valence-electron chi connectivity index (χ3n) is 3.42. The Labute approximate surface area is 180 Å². The second-order valence-electron chi connectivity index (χ2n) is 5.14. The van der Waals surface area contributed by atoms with Gasteiger partial charge in [-0.15, -0.1) is 5.10 Å². The third kappa shape index (κ3) is 3.92. The van der Waals surface area contributed by atoms with E-state index in [1.54, 1.807) is 19.5 Å². The molecule has 0 radical (unpaired) electrons. The van der Waals surface area contributed by atoms with E-state index in [1.165, 1.54) is 11.9 Å². The first-order chi connectivity index (χ1) is 11.9. The van der Waals surface area contributed by atoms with Crippen LogP contribution < -0.4 is 4.74 Å². The lowest BCUT2D eigenvalue weighted by Crippen LogP contribution is -2.25. The van der Waals surface area contributed by atoms with E-state index in [9.17, 15) is 4.79 Å². The van der Waals surface area contributed by atoms with Crippen LogP contribution in [0.25, 0.3) is 0 Å². The smallest absolute Gasteiger partial charge is 0.244 e. The Morgan fingerprint density at radius 1 is 1.32 bits per heavy atom. The highest BCUT2D eigenvalue weighted by Crippen LogP contribution is 2.35. The zero-order valence-electron chi connectivity index (χ0n) is 13.2. The van der Waals surface area contributed by atoms with Gasteiger partial charge in [0.15, 0.2) is 0 Å². The Morgan fingerprint density at radius 3 is 2.72 bits per heavy atom. The average Bonchev–Trinajstić information content (AvgIpc) is 2.99.